The van der Waals surface area contributed by atoms with Gasteiger partial charge in [0.15, 0.2) is 0 Å². The van der Waals surface area contributed by atoms with E-state index in [0.717, 1.165) is 9.99 Å². The molecule has 1 N–H and O–H groups in total. The summed E-state index contributed by atoms with van der Waals surface area (Å²) in [5, 5.41) is 2.75. The predicted octanol–water partition coefficient (Wildman–Crippen LogP) is 2.94. The zero-order valence-corrected chi connectivity index (χ0v) is 17.1. The minimum Gasteiger partial charge on any atom is -0.378 e. The van der Waals surface area contributed by atoms with Crippen LogP contribution in [0.5, 0.6) is 0 Å². The number of carbonyl (C=O) groups excluding carboxylic acids is 1. The van der Waals surface area contributed by atoms with Gasteiger partial charge in [-0.15, -0.1) is 4.40 Å². The van der Waals surface area contributed by atoms with E-state index in [1.54, 1.807) is 12.1 Å². The van der Waals surface area contributed by atoms with Crippen LogP contribution in [-0.4, -0.2) is 38.4 Å². The van der Waals surface area contributed by atoms with Crippen molar-refractivity contribution in [1.29, 1.82) is 0 Å². The highest BCUT2D eigenvalue weighted by Crippen LogP contribution is 2.22. The Morgan fingerprint density at radius 2 is 1.72 bits per heavy atom. The third-order valence-corrected chi connectivity index (χ3v) is 5.68. The first-order valence-corrected chi connectivity index (χ1v) is 10.2. The summed E-state index contributed by atoms with van der Waals surface area (Å²) in [7, 11) is -0.144. The van der Waals surface area contributed by atoms with Gasteiger partial charge in [-0.25, -0.2) is 4.39 Å². The van der Waals surface area contributed by atoms with E-state index in [4.69, 9.17) is 0 Å². The summed E-state index contributed by atoms with van der Waals surface area (Å²) >= 11 is 0. The van der Waals surface area contributed by atoms with Crippen molar-refractivity contribution in [2.45, 2.75) is 13.5 Å². The van der Waals surface area contributed by atoms with Crippen LogP contribution >= 0.6 is 0 Å². The van der Waals surface area contributed by atoms with Crippen LogP contribution in [0.15, 0.2) is 64.7 Å². The molecule has 9 heteroatoms. The number of nitrogens with zero attached hydrogens (tertiary/aromatic N) is 3. The fraction of sp³-hybridized carbons (Fsp3) is 0.200. The predicted molar refractivity (Wildman–Crippen MR) is 111 cm³/mol. The molecule has 7 nitrogen and oxygen atoms in total. The molecule has 2 aromatic carbocycles. The van der Waals surface area contributed by atoms with E-state index < -0.39 is 21.9 Å². The van der Waals surface area contributed by atoms with Gasteiger partial charge in [0.05, 0.1) is 17.8 Å². The Labute approximate surface area is 169 Å². The first-order chi connectivity index (χ1) is 13.7. The highest BCUT2D eigenvalue weighted by Gasteiger charge is 2.28. The summed E-state index contributed by atoms with van der Waals surface area (Å²) in [6.45, 7) is 1.40. The topological polar surface area (TPSA) is 82.1 Å². The van der Waals surface area contributed by atoms with Gasteiger partial charge in [0, 0.05) is 31.7 Å². The first kappa shape index (κ1) is 20.5. The Morgan fingerprint density at radius 1 is 1.10 bits per heavy atom. The Hall–Kier alpha value is -3.20. The smallest absolute Gasteiger partial charge is 0.344 e. The third-order valence-electron chi connectivity index (χ3n) is 4.35. The largest absolute Gasteiger partial charge is 0.378 e. The number of nitrogens with one attached hydrogen (secondary N) is 1. The summed E-state index contributed by atoms with van der Waals surface area (Å²) in [4.78, 5) is 14.6. The summed E-state index contributed by atoms with van der Waals surface area (Å²) < 4.78 is 42.5. The fourth-order valence-electron chi connectivity index (χ4n) is 2.74. The number of rotatable bonds is 5. The third kappa shape index (κ3) is 4.80. The Bertz CT molecular complexity index is 1080. The van der Waals surface area contributed by atoms with Gasteiger partial charge in [-0.2, -0.15) is 8.42 Å². The van der Waals surface area contributed by atoms with Gasteiger partial charge in [0.2, 0.25) is 0 Å². The van der Waals surface area contributed by atoms with Gasteiger partial charge < -0.3 is 10.2 Å². The second-order valence-electron chi connectivity index (χ2n) is 6.76. The van der Waals surface area contributed by atoms with E-state index in [-0.39, 0.29) is 17.8 Å². The zero-order chi connectivity index (χ0) is 21.2. The van der Waals surface area contributed by atoms with Crippen LogP contribution in [-0.2, 0) is 21.5 Å². The molecule has 0 aromatic heterocycles. The van der Waals surface area contributed by atoms with Crippen LogP contribution in [0, 0.1) is 5.82 Å². The van der Waals surface area contributed by atoms with Gasteiger partial charge in [-0.1, -0.05) is 12.1 Å². The molecule has 152 valence electrons. The maximum atomic E-state index is 13.1. The summed E-state index contributed by atoms with van der Waals surface area (Å²) in [5.74, 6) is -0.886. The minimum absolute atomic E-state index is 0.0618. The number of anilines is 2. The van der Waals surface area contributed by atoms with E-state index in [0.29, 0.717) is 11.3 Å². The fourth-order valence-corrected chi connectivity index (χ4v) is 3.84. The quantitative estimate of drug-likeness (QED) is 0.813. The molecule has 0 saturated carbocycles. The van der Waals surface area contributed by atoms with Crippen LogP contribution in [0.1, 0.15) is 12.5 Å². The van der Waals surface area contributed by atoms with Crippen LogP contribution in [0.3, 0.4) is 0 Å². The second kappa shape index (κ2) is 8.04. The molecule has 1 aliphatic heterocycles. The van der Waals surface area contributed by atoms with E-state index in [1.807, 2.05) is 31.1 Å². The molecule has 0 bridgehead atoms. The molecule has 0 spiro atoms. The number of carbonyl (C=O) groups is 1. The zero-order valence-electron chi connectivity index (χ0n) is 16.3. The molecule has 2 aromatic rings. The van der Waals surface area contributed by atoms with Crippen molar-refractivity contribution in [3.8, 4) is 0 Å². The van der Waals surface area contributed by atoms with Crippen molar-refractivity contribution in [3.63, 3.8) is 0 Å². The summed E-state index contributed by atoms with van der Waals surface area (Å²) in [5.41, 5.74) is 2.36. The Kier molecular flexibility index (Phi) is 5.69. The van der Waals surface area contributed by atoms with Crippen molar-refractivity contribution >= 4 is 33.2 Å². The SMILES string of the molecule is CC1=NS(=O)(=O)N(Cc2ccc(F)cc2)C=C1C(=O)Nc1ccc(N(C)C)cc1. The molecule has 0 saturated heterocycles. The van der Waals surface area contributed by atoms with E-state index in [1.165, 1.54) is 37.4 Å². The molecule has 0 fully saturated rings. The maximum Gasteiger partial charge on any atom is 0.344 e. The number of benzene rings is 2. The highest BCUT2D eigenvalue weighted by atomic mass is 32.2. The molecular formula is C20H21FN4O3S. The van der Waals surface area contributed by atoms with E-state index in [9.17, 15) is 17.6 Å². The van der Waals surface area contributed by atoms with Gasteiger partial charge in [-0.3, -0.25) is 9.10 Å². The Morgan fingerprint density at radius 3 is 2.31 bits per heavy atom. The van der Waals surface area contributed by atoms with Gasteiger partial charge in [0.25, 0.3) is 5.91 Å². The van der Waals surface area contributed by atoms with E-state index in [2.05, 4.69) is 9.71 Å². The lowest BCUT2D eigenvalue weighted by molar-refractivity contribution is -0.112. The van der Waals surface area contributed by atoms with Crippen molar-refractivity contribution in [2.75, 3.05) is 24.3 Å². The van der Waals surface area contributed by atoms with Crippen LogP contribution in [0.4, 0.5) is 15.8 Å². The average molecular weight is 416 g/mol. The second-order valence-corrected chi connectivity index (χ2v) is 8.31. The molecule has 1 heterocycles. The standard InChI is InChI=1S/C20H21FN4O3S/c1-14-19(20(26)22-17-8-10-18(11-9-17)24(2)3)13-25(29(27,28)23-14)12-15-4-6-16(21)7-5-15/h4-11,13H,12H2,1-3H3,(H,22,26). The average Bonchev–Trinajstić information content (AvgIpc) is 2.65. The maximum absolute atomic E-state index is 13.1. The molecule has 0 atom stereocenters. The summed E-state index contributed by atoms with van der Waals surface area (Å²) in [6, 6.07) is 12.7. The van der Waals surface area contributed by atoms with Crippen molar-refractivity contribution in [2.24, 2.45) is 4.40 Å². The molecule has 1 amide bonds. The molecular weight excluding hydrogens is 395 g/mol. The first-order valence-electron chi connectivity index (χ1n) is 8.79. The number of hydrogen-bond donors (Lipinski definition) is 1. The molecule has 29 heavy (non-hydrogen) atoms. The molecule has 0 unspecified atom stereocenters. The number of halogens is 1. The lowest BCUT2D eigenvalue weighted by atomic mass is 10.1. The van der Waals surface area contributed by atoms with Gasteiger partial charge in [-0.05, 0) is 48.9 Å². The lowest BCUT2D eigenvalue weighted by Crippen LogP contribution is -2.32. The molecule has 0 aliphatic carbocycles. The normalized spacial score (nSPS) is 15.4. The van der Waals surface area contributed by atoms with Crippen LogP contribution in [0.2, 0.25) is 0 Å². The molecule has 1 aliphatic rings. The molecule has 0 radical (unpaired) electrons. The van der Waals surface area contributed by atoms with Crippen molar-refractivity contribution < 1.29 is 17.6 Å². The van der Waals surface area contributed by atoms with Crippen molar-refractivity contribution in [3.05, 3.63) is 71.7 Å². The van der Waals surface area contributed by atoms with Crippen LogP contribution < -0.4 is 10.2 Å². The lowest BCUT2D eigenvalue weighted by Gasteiger charge is -2.23. The van der Waals surface area contributed by atoms with Gasteiger partial charge in [0.1, 0.15) is 5.82 Å². The summed E-state index contributed by atoms with van der Waals surface area (Å²) in [6.07, 6.45) is 1.25. The Balaban J connectivity index is 1.82. The number of hydrogen-bond acceptors (Lipinski definition) is 4. The van der Waals surface area contributed by atoms with Crippen molar-refractivity contribution in [1.82, 2.24) is 4.31 Å². The highest BCUT2D eigenvalue weighted by molar-refractivity contribution is 7.88. The number of amides is 1. The van der Waals surface area contributed by atoms with Gasteiger partial charge >= 0.3 is 10.2 Å². The minimum atomic E-state index is -3.97. The molecule has 3 rings (SSSR count). The van der Waals surface area contributed by atoms with E-state index >= 15 is 0 Å². The monoisotopic (exact) mass is 416 g/mol. The van der Waals surface area contributed by atoms with Crippen LogP contribution in [0.25, 0.3) is 0 Å².